The second-order valence-corrected chi connectivity index (χ2v) is 14.2. The fraction of sp³-hybridized carbons (Fsp3) is 0.676. The molecule has 0 aliphatic carbocycles. The quantitative estimate of drug-likeness (QED) is 0.172. The van der Waals surface area contributed by atoms with Crippen molar-refractivity contribution < 1.29 is 48.1 Å². The molecule has 0 bridgehead atoms. The molecule has 2 aromatic carbocycles. The van der Waals surface area contributed by atoms with Gasteiger partial charge in [0.05, 0.1) is 13.2 Å². The summed E-state index contributed by atoms with van der Waals surface area (Å²) in [5, 5.41) is 27.2. The zero-order valence-electron chi connectivity index (χ0n) is 29.1. The lowest BCUT2D eigenvalue weighted by Gasteiger charge is -2.32. The molecule has 12 nitrogen and oxygen atoms in total. The van der Waals surface area contributed by atoms with Crippen molar-refractivity contribution in [2.75, 3.05) is 26.3 Å². The van der Waals surface area contributed by atoms with Gasteiger partial charge in [-0.2, -0.15) is 0 Å². The van der Waals surface area contributed by atoms with Crippen molar-refractivity contribution in [3.05, 3.63) is 71.8 Å². The van der Waals surface area contributed by atoms with E-state index in [-0.39, 0.29) is 61.9 Å². The Morgan fingerprint density at radius 3 is 1.43 bits per heavy atom. The number of aliphatic hydroxyl groups excluding tert-OH is 2. The van der Waals surface area contributed by atoms with Crippen LogP contribution in [0.15, 0.2) is 60.7 Å². The van der Waals surface area contributed by atoms with Crippen LogP contribution in [0.1, 0.15) is 58.1 Å². The highest BCUT2D eigenvalue weighted by atomic mass is 16.9. The van der Waals surface area contributed by atoms with Gasteiger partial charge in [-0.3, -0.25) is 0 Å². The molecule has 0 amide bonds. The minimum atomic E-state index is -0.771. The van der Waals surface area contributed by atoms with Gasteiger partial charge in [-0.15, -0.1) is 0 Å². The van der Waals surface area contributed by atoms with Gasteiger partial charge in [0.25, 0.3) is 0 Å². The minimum absolute atomic E-state index is 0.00499. The van der Waals surface area contributed by atoms with Gasteiger partial charge in [0.15, 0.2) is 24.2 Å². The fourth-order valence-corrected chi connectivity index (χ4v) is 7.28. The van der Waals surface area contributed by atoms with Crippen LogP contribution in [0.2, 0.25) is 0 Å². The van der Waals surface area contributed by atoms with Crippen LogP contribution in [0.3, 0.4) is 0 Å². The third-order valence-electron chi connectivity index (χ3n) is 9.46. The molecule has 4 N–H and O–H groups in total. The molecule has 2 aromatic rings. The van der Waals surface area contributed by atoms with Crippen molar-refractivity contribution in [1.82, 2.24) is 10.6 Å². The molecule has 10 atom stereocenters. The van der Waals surface area contributed by atoms with E-state index in [4.69, 9.17) is 37.9 Å². The Bertz CT molecular complexity index is 1190. The maximum Gasteiger partial charge on any atom is 0.190 e. The summed E-state index contributed by atoms with van der Waals surface area (Å²) in [6, 6.07) is 19.6. The SMILES string of the molecule is CC1(C)O[C@H]2OC([C@@H](CCO)NCCCN[C@@H](CCO)C3O[C@@H]4OC(C)(C)O[C@@H]4C3OCc3ccccc3)[C@H](OCc3ccccc3)[C@H]2O1. The summed E-state index contributed by atoms with van der Waals surface area (Å²) in [4.78, 5) is 0. The second-order valence-electron chi connectivity index (χ2n) is 14.2. The molecule has 4 heterocycles. The first-order valence-corrected chi connectivity index (χ1v) is 17.7. The maximum atomic E-state index is 9.99. The van der Waals surface area contributed by atoms with Crippen LogP contribution in [0.5, 0.6) is 0 Å². The molecule has 49 heavy (non-hydrogen) atoms. The average molecular weight is 687 g/mol. The van der Waals surface area contributed by atoms with Gasteiger partial charge in [-0.05, 0) is 71.2 Å². The zero-order chi connectivity index (χ0) is 34.4. The third kappa shape index (κ3) is 9.26. The van der Waals surface area contributed by atoms with Crippen molar-refractivity contribution in [2.24, 2.45) is 0 Å². The van der Waals surface area contributed by atoms with E-state index in [0.29, 0.717) is 39.1 Å². The Morgan fingerprint density at radius 1 is 0.633 bits per heavy atom. The first-order chi connectivity index (χ1) is 23.7. The van der Waals surface area contributed by atoms with Crippen LogP contribution in [0.4, 0.5) is 0 Å². The molecule has 4 fully saturated rings. The molecular weight excluding hydrogens is 632 g/mol. The smallest absolute Gasteiger partial charge is 0.190 e. The largest absolute Gasteiger partial charge is 0.396 e. The normalized spacial score (nSPS) is 32.6. The van der Waals surface area contributed by atoms with E-state index in [0.717, 1.165) is 17.5 Å². The molecular formula is C37H54N2O10. The van der Waals surface area contributed by atoms with E-state index in [1.165, 1.54) is 0 Å². The van der Waals surface area contributed by atoms with E-state index in [2.05, 4.69) is 10.6 Å². The van der Waals surface area contributed by atoms with E-state index < -0.39 is 24.2 Å². The molecule has 272 valence electrons. The molecule has 4 aliphatic rings. The molecule has 4 aliphatic heterocycles. The summed E-state index contributed by atoms with van der Waals surface area (Å²) < 4.78 is 50.3. The summed E-state index contributed by atoms with van der Waals surface area (Å²) in [6.07, 6.45) is -1.66. The van der Waals surface area contributed by atoms with Gasteiger partial charge < -0.3 is 58.7 Å². The van der Waals surface area contributed by atoms with Crippen LogP contribution in [-0.4, -0.2) is 109 Å². The number of hydrogen-bond acceptors (Lipinski definition) is 12. The van der Waals surface area contributed by atoms with Crippen molar-refractivity contribution in [3.63, 3.8) is 0 Å². The van der Waals surface area contributed by atoms with Gasteiger partial charge >= 0.3 is 0 Å². The Balaban J connectivity index is 1.04. The Hall–Kier alpha value is -2.04. The van der Waals surface area contributed by atoms with Gasteiger partial charge in [-0.1, -0.05) is 60.7 Å². The summed E-state index contributed by atoms with van der Waals surface area (Å²) in [7, 11) is 0. The van der Waals surface area contributed by atoms with Crippen LogP contribution in [0, 0.1) is 0 Å². The average Bonchev–Trinajstić information content (AvgIpc) is 3.77. The number of aliphatic hydroxyl groups is 2. The maximum absolute atomic E-state index is 9.99. The monoisotopic (exact) mass is 686 g/mol. The van der Waals surface area contributed by atoms with E-state index in [9.17, 15) is 10.2 Å². The number of ether oxygens (including phenoxy) is 8. The minimum Gasteiger partial charge on any atom is -0.396 e. The topological polar surface area (TPSA) is 138 Å². The van der Waals surface area contributed by atoms with Crippen molar-refractivity contribution >= 4 is 0 Å². The van der Waals surface area contributed by atoms with Gasteiger partial charge in [0.2, 0.25) is 0 Å². The molecule has 0 spiro atoms. The number of rotatable bonds is 18. The predicted molar refractivity (Wildman–Crippen MR) is 179 cm³/mol. The highest BCUT2D eigenvalue weighted by Crippen LogP contribution is 2.41. The summed E-state index contributed by atoms with van der Waals surface area (Å²) in [5.41, 5.74) is 2.12. The fourth-order valence-electron chi connectivity index (χ4n) is 7.28. The molecule has 6 rings (SSSR count). The first-order valence-electron chi connectivity index (χ1n) is 17.7. The number of fused-ring (bicyclic) bond motifs is 2. The Labute approximate surface area is 289 Å². The first kappa shape index (κ1) is 36.7. The Kier molecular flexibility index (Phi) is 12.4. The molecule has 0 radical (unpaired) electrons. The molecule has 4 saturated heterocycles. The van der Waals surface area contributed by atoms with Crippen LogP contribution >= 0.6 is 0 Å². The molecule has 12 heteroatoms. The summed E-state index contributed by atoms with van der Waals surface area (Å²) in [6.45, 7) is 9.62. The Morgan fingerprint density at radius 2 is 1.04 bits per heavy atom. The van der Waals surface area contributed by atoms with Crippen molar-refractivity contribution in [2.45, 2.75) is 133 Å². The highest BCUT2D eigenvalue weighted by Gasteiger charge is 2.58. The van der Waals surface area contributed by atoms with Crippen LogP contribution in [0.25, 0.3) is 0 Å². The van der Waals surface area contributed by atoms with Crippen molar-refractivity contribution in [1.29, 1.82) is 0 Å². The molecule has 3 unspecified atom stereocenters. The van der Waals surface area contributed by atoms with Gasteiger partial charge in [-0.25, -0.2) is 0 Å². The van der Waals surface area contributed by atoms with E-state index in [1.807, 2.05) is 88.4 Å². The number of hydrogen-bond donors (Lipinski definition) is 4. The molecule has 0 saturated carbocycles. The van der Waals surface area contributed by atoms with Crippen LogP contribution < -0.4 is 10.6 Å². The molecule has 0 aromatic heterocycles. The summed E-state index contributed by atoms with van der Waals surface area (Å²) >= 11 is 0. The standard InChI is InChI=1S/C37H54N2O10/c1-36(2)46-32-30(42-22-24-12-7-5-8-13-24)28(44-34(32)48-36)26(16-20-40)38-18-11-19-39-27(17-21-41)29-31(43-23-25-14-9-6-10-15-25)33-35(45-29)49-37(3,4)47-33/h5-10,12-15,26-35,38-41H,11,16-23H2,1-4H3/t26-,27+,28?,29?,30+,31?,32-,33-,34-,35-/m1/s1. The van der Waals surface area contributed by atoms with E-state index in [1.54, 1.807) is 0 Å². The predicted octanol–water partition coefficient (Wildman–Crippen LogP) is 2.98. The lowest BCUT2D eigenvalue weighted by molar-refractivity contribution is -0.223. The zero-order valence-corrected chi connectivity index (χ0v) is 29.1. The second kappa shape index (κ2) is 16.5. The van der Waals surface area contributed by atoms with Gasteiger partial charge in [0, 0.05) is 25.3 Å². The highest BCUT2D eigenvalue weighted by molar-refractivity contribution is 5.15. The lowest BCUT2D eigenvalue weighted by atomic mass is 10.00. The summed E-state index contributed by atoms with van der Waals surface area (Å²) in [5.74, 6) is -1.54. The van der Waals surface area contributed by atoms with E-state index >= 15 is 0 Å². The van der Waals surface area contributed by atoms with Gasteiger partial charge in [0.1, 0.15) is 36.6 Å². The lowest BCUT2D eigenvalue weighted by Crippen LogP contribution is -2.51. The third-order valence-corrected chi connectivity index (χ3v) is 9.46. The number of benzene rings is 2. The number of nitrogens with one attached hydrogen (secondary N) is 2. The van der Waals surface area contributed by atoms with Crippen LogP contribution in [-0.2, 0) is 51.1 Å². The van der Waals surface area contributed by atoms with Crippen molar-refractivity contribution in [3.8, 4) is 0 Å².